The van der Waals surface area contributed by atoms with Gasteiger partial charge in [0.1, 0.15) is 4.90 Å². The lowest BCUT2D eigenvalue weighted by Gasteiger charge is -2.12. The molecule has 1 heterocycles. The van der Waals surface area contributed by atoms with Crippen LogP contribution in [0.5, 0.6) is 0 Å². The third-order valence-electron chi connectivity index (χ3n) is 2.61. The Labute approximate surface area is 132 Å². The van der Waals surface area contributed by atoms with Crippen molar-refractivity contribution in [1.82, 2.24) is 20.3 Å². The van der Waals surface area contributed by atoms with Gasteiger partial charge in [-0.1, -0.05) is 13.8 Å². The molecular weight excluding hydrogens is 302 g/mol. The van der Waals surface area contributed by atoms with Crippen LogP contribution in [0.4, 0.5) is 0 Å². The quantitative estimate of drug-likeness (QED) is 0.369. The zero-order valence-corrected chi connectivity index (χ0v) is 14.2. The van der Waals surface area contributed by atoms with Crippen molar-refractivity contribution in [2.24, 2.45) is 10.9 Å². The van der Waals surface area contributed by atoms with Gasteiger partial charge in [-0.15, -0.1) is 0 Å². The first kappa shape index (κ1) is 18.4. The van der Waals surface area contributed by atoms with E-state index in [4.69, 9.17) is 0 Å². The highest BCUT2D eigenvalue weighted by molar-refractivity contribution is 7.89. The molecular formula is C14H25N5O2S. The number of rotatable bonds is 8. The molecule has 1 aromatic rings. The van der Waals surface area contributed by atoms with Gasteiger partial charge in [-0.2, -0.15) is 0 Å². The number of hydrogen-bond donors (Lipinski definition) is 3. The van der Waals surface area contributed by atoms with Crippen LogP contribution in [0, 0.1) is 5.92 Å². The Bertz CT molecular complexity index is 558. The topological polar surface area (TPSA) is 95.5 Å². The molecule has 7 nitrogen and oxygen atoms in total. The minimum atomic E-state index is -3.51. The van der Waals surface area contributed by atoms with E-state index in [1.165, 1.54) is 18.5 Å². The van der Waals surface area contributed by atoms with Gasteiger partial charge in [0.05, 0.1) is 0 Å². The van der Waals surface area contributed by atoms with Crippen LogP contribution >= 0.6 is 0 Å². The van der Waals surface area contributed by atoms with Crippen LogP contribution < -0.4 is 15.4 Å². The number of pyridine rings is 1. The van der Waals surface area contributed by atoms with Gasteiger partial charge in [-0.05, 0) is 25.0 Å². The smallest absolute Gasteiger partial charge is 0.242 e. The van der Waals surface area contributed by atoms with Crippen molar-refractivity contribution in [3.63, 3.8) is 0 Å². The molecule has 1 aromatic heterocycles. The van der Waals surface area contributed by atoms with Crippen molar-refractivity contribution in [2.75, 3.05) is 26.2 Å². The van der Waals surface area contributed by atoms with E-state index < -0.39 is 10.0 Å². The normalized spacial score (nSPS) is 12.5. The fourth-order valence-corrected chi connectivity index (χ4v) is 2.57. The summed E-state index contributed by atoms with van der Waals surface area (Å²) in [4.78, 5) is 8.38. The van der Waals surface area contributed by atoms with Crippen LogP contribution in [0.3, 0.4) is 0 Å². The lowest BCUT2D eigenvalue weighted by atomic mass is 10.2. The highest BCUT2D eigenvalue weighted by atomic mass is 32.2. The summed E-state index contributed by atoms with van der Waals surface area (Å²) in [6.07, 6.45) is 2.86. The Morgan fingerprint density at radius 3 is 2.68 bits per heavy atom. The number of aromatic nitrogens is 1. The summed E-state index contributed by atoms with van der Waals surface area (Å²) in [5.74, 6) is 1.16. The number of nitrogens with one attached hydrogen (secondary N) is 3. The van der Waals surface area contributed by atoms with Gasteiger partial charge < -0.3 is 10.6 Å². The van der Waals surface area contributed by atoms with Crippen molar-refractivity contribution in [1.29, 1.82) is 0 Å². The van der Waals surface area contributed by atoms with Gasteiger partial charge in [-0.3, -0.25) is 9.98 Å². The first-order valence-electron chi connectivity index (χ1n) is 7.37. The Morgan fingerprint density at radius 2 is 2.09 bits per heavy atom. The average molecular weight is 327 g/mol. The molecule has 124 valence electrons. The van der Waals surface area contributed by atoms with Gasteiger partial charge in [0.2, 0.25) is 10.0 Å². The number of hydrogen-bond acceptors (Lipinski definition) is 4. The van der Waals surface area contributed by atoms with Crippen molar-refractivity contribution in [2.45, 2.75) is 25.7 Å². The van der Waals surface area contributed by atoms with E-state index in [2.05, 4.69) is 39.2 Å². The van der Waals surface area contributed by atoms with E-state index in [0.29, 0.717) is 18.4 Å². The summed E-state index contributed by atoms with van der Waals surface area (Å²) < 4.78 is 26.5. The van der Waals surface area contributed by atoms with Gasteiger partial charge >= 0.3 is 0 Å². The molecule has 0 aliphatic heterocycles. The zero-order chi connectivity index (χ0) is 16.4. The summed E-state index contributed by atoms with van der Waals surface area (Å²) in [5.41, 5.74) is 0. The van der Waals surface area contributed by atoms with Crippen LogP contribution in [-0.2, 0) is 10.0 Å². The monoisotopic (exact) mass is 327 g/mol. The molecule has 0 spiro atoms. The van der Waals surface area contributed by atoms with Crippen molar-refractivity contribution < 1.29 is 8.42 Å². The van der Waals surface area contributed by atoms with Crippen LogP contribution in [0.1, 0.15) is 20.8 Å². The minimum absolute atomic E-state index is 0.162. The first-order chi connectivity index (χ1) is 10.5. The number of guanidine groups is 1. The van der Waals surface area contributed by atoms with E-state index in [1.807, 2.05) is 6.92 Å². The molecule has 0 saturated heterocycles. The Kier molecular flexibility index (Phi) is 7.83. The lowest BCUT2D eigenvalue weighted by Crippen LogP contribution is -2.41. The maximum Gasteiger partial charge on any atom is 0.242 e. The first-order valence-corrected chi connectivity index (χ1v) is 8.86. The summed E-state index contributed by atoms with van der Waals surface area (Å²) in [6.45, 7) is 8.36. The highest BCUT2D eigenvalue weighted by Crippen LogP contribution is 2.04. The highest BCUT2D eigenvalue weighted by Gasteiger charge is 2.12. The molecule has 0 bridgehead atoms. The molecule has 0 saturated carbocycles. The third-order valence-corrected chi connectivity index (χ3v) is 4.06. The zero-order valence-electron chi connectivity index (χ0n) is 13.3. The molecule has 8 heteroatoms. The summed E-state index contributed by atoms with van der Waals surface area (Å²) in [6, 6.07) is 3.10. The lowest BCUT2D eigenvalue weighted by molar-refractivity contribution is 0.580. The summed E-state index contributed by atoms with van der Waals surface area (Å²) in [7, 11) is -3.51. The van der Waals surface area contributed by atoms with Gasteiger partial charge in [0.15, 0.2) is 5.96 Å². The molecule has 0 unspecified atom stereocenters. The predicted octanol–water partition coefficient (Wildman–Crippen LogP) is 0.571. The predicted molar refractivity (Wildman–Crippen MR) is 88.2 cm³/mol. The second-order valence-corrected chi connectivity index (χ2v) is 6.89. The Balaban J connectivity index is 2.44. The second-order valence-electron chi connectivity index (χ2n) is 5.13. The molecule has 0 amide bonds. The van der Waals surface area contributed by atoms with Crippen LogP contribution in [-0.4, -0.2) is 45.5 Å². The maximum absolute atomic E-state index is 12.0. The molecule has 3 N–H and O–H groups in total. The molecule has 0 aliphatic rings. The maximum atomic E-state index is 12.0. The molecule has 0 fully saturated rings. The standard InChI is InChI=1S/C14H25N5O2S/c1-4-16-14(18-10-12(2)3)17-8-9-19-22(20,21)13-6-5-7-15-11-13/h5-7,11-12,19H,4,8-10H2,1-3H3,(H2,16,17,18). The van der Waals surface area contributed by atoms with Gasteiger partial charge in [0.25, 0.3) is 0 Å². The van der Waals surface area contributed by atoms with E-state index in [9.17, 15) is 8.42 Å². The second kappa shape index (κ2) is 9.37. The molecule has 0 radical (unpaired) electrons. The van der Waals surface area contributed by atoms with Gasteiger partial charge in [-0.25, -0.2) is 13.1 Å². The van der Waals surface area contributed by atoms with Crippen molar-refractivity contribution in [3.05, 3.63) is 24.5 Å². The number of nitrogens with zero attached hydrogens (tertiary/aromatic N) is 2. The van der Waals surface area contributed by atoms with Crippen LogP contribution in [0.2, 0.25) is 0 Å². The summed E-state index contributed by atoms with van der Waals surface area (Å²) in [5, 5.41) is 6.22. The van der Waals surface area contributed by atoms with E-state index in [-0.39, 0.29) is 11.4 Å². The van der Waals surface area contributed by atoms with Crippen LogP contribution in [0.25, 0.3) is 0 Å². The van der Waals surface area contributed by atoms with E-state index in [1.54, 1.807) is 6.07 Å². The Morgan fingerprint density at radius 1 is 1.32 bits per heavy atom. The van der Waals surface area contributed by atoms with E-state index >= 15 is 0 Å². The average Bonchev–Trinajstić information content (AvgIpc) is 2.49. The van der Waals surface area contributed by atoms with E-state index in [0.717, 1.165) is 13.1 Å². The molecule has 0 aromatic carbocycles. The molecule has 1 rings (SSSR count). The third kappa shape index (κ3) is 6.86. The van der Waals surface area contributed by atoms with Gasteiger partial charge in [0, 0.05) is 38.6 Å². The summed E-state index contributed by atoms with van der Waals surface area (Å²) >= 11 is 0. The number of sulfonamides is 1. The largest absolute Gasteiger partial charge is 0.357 e. The van der Waals surface area contributed by atoms with Crippen molar-refractivity contribution in [3.8, 4) is 0 Å². The molecule has 0 atom stereocenters. The minimum Gasteiger partial charge on any atom is -0.357 e. The molecule has 22 heavy (non-hydrogen) atoms. The Hall–Kier alpha value is -1.67. The SMILES string of the molecule is CCNC(=NCC(C)C)NCCNS(=O)(=O)c1cccnc1. The van der Waals surface area contributed by atoms with Crippen LogP contribution in [0.15, 0.2) is 34.4 Å². The number of aliphatic imine (C=N–C) groups is 1. The fourth-order valence-electron chi connectivity index (χ4n) is 1.57. The fraction of sp³-hybridized carbons (Fsp3) is 0.571. The molecule has 0 aliphatic carbocycles. The van der Waals surface area contributed by atoms with Crippen molar-refractivity contribution >= 4 is 16.0 Å².